The molecular weight excluding hydrogens is 577 g/mol. The van der Waals surface area contributed by atoms with Crippen molar-refractivity contribution in [1.29, 1.82) is 0 Å². The summed E-state index contributed by atoms with van der Waals surface area (Å²) in [7, 11) is 0. The third kappa shape index (κ3) is 5.50. The van der Waals surface area contributed by atoms with Crippen molar-refractivity contribution in [2.24, 2.45) is 0 Å². The van der Waals surface area contributed by atoms with Crippen LogP contribution in [0.25, 0.3) is 23.3 Å². The molecule has 1 nitrogen and oxygen atoms in total. The number of hydrogen-bond donors (Lipinski definition) is 0. The summed E-state index contributed by atoms with van der Waals surface area (Å²) >= 11 is 0. The van der Waals surface area contributed by atoms with Crippen molar-refractivity contribution in [2.75, 3.05) is 11.4 Å². The summed E-state index contributed by atoms with van der Waals surface area (Å²) < 4.78 is 0. The van der Waals surface area contributed by atoms with E-state index < -0.39 is 0 Å². The van der Waals surface area contributed by atoms with Gasteiger partial charge >= 0.3 is 0 Å². The molecule has 0 spiro atoms. The number of benzene rings is 6. The molecule has 6 aromatic carbocycles. The van der Waals surface area contributed by atoms with Crippen LogP contribution in [0.2, 0.25) is 0 Å². The Morgan fingerprint density at radius 3 is 1.83 bits per heavy atom. The number of hydrogen-bond acceptors (Lipinski definition) is 1. The lowest BCUT2D eigenvalue weighted by atomic mass is 9.36. The van der Waals surface area contributed by atoms with Crippen molar-refractivity contribution < 1.29 is 0 Å². The van der Waals surface area contributed by atoms with Gasteiger partial charge in [0.05, 0.1) is 0 Å². The zero-order valence-corrected chi connectivity index (χ0v) is 28.5. The van der Waals surface area contributed by atoms with Crippen LogP contribution in [0.1, 0.15) is 59.2 Å². The van der Waals surface area contributed by atoms with Gasteiger partial charge in [-0.2, -0.15) is 0 Å². The Kier molecular flexibility index (Phi) is 7.68. The number of anilines is 2. The fraction of sp³-hybridized carbons (Fsp3) is 0.174. The minimum absolute atomic E-state index is 0.0952. The molecule has 2 aliphatic rings. The van der Waals surface area contributed by atoms with Gasteiger partial charge in [-0.05, 0) is 83.8 Å². The van der Waals surface area contributed by atoms with Crippen LogP contribution in [-0.2, 0) is 11.8 Å². The second-order valence-electron chi connectivity index (χ2n) is 14.3. The van der Waals surface area contributed by atoms with E-state index in [0.29, 0.717) is 0 Å². The molecule has 234 valence electrons. The normalized spacial score (nSPS) is 14.5. The predicted octanol–water partition coefficient (Wildman–Crippen LogP) is 9.38. The Labute approximate surface area is 286 Å². The van der Waals surface area contributed by atoms with Crippen molar-refractivity contribution in [3.8, 4) is 11.1 Å². The number of fused-ring (bicyclic) bond motifs is 4. The zero-order valence-electron chi connectivity index (χ0n) is 28.5. The molecule has 0 amide bonds. The first-order valence-corrected chi connectivity index (χ1v) is 17.4. The quantitative estimate of drug-likeness (QED) is 0.133. The fourth-order valence-corrected chi connectivity index (χ4v) is 7.91. The first kappa shape index (κ1) is 30.3. The summed E-state index contributed by atoms with van der Waals surface area (Å²) in [4.78, 5) is 2.46. The Morgan fingerprint density at radius 1 is 0.583 bits per heavy atom. The second-order valence-corrected chi connectivity index (χ2v) is 14.3. The van der Waals surface area contributed by atoms with Crippen molar-refractivity contribution in [3.63, 3.8) is 0 Å². The molecule has 6 aromatic rings. The Morgan fingerprint density at radius 2 is 1.15 bits per heavy atom. The van der Waals surface area contributed by atoms with Crippen LogP contribution in [0.5, 0.6) is 0 Å². The molecular formula is C46H42BN. The largest absolute Gasteiger partial charge is 0.341 e. The summed E-state index contributed by atoms with van der Waals surface area (Å²) in [5.41, 5.74) is 18.5. The van der Waals surface area contributed by atoms with Crippen LogP contribution < -0.4 is 21.3 Å². The molecule has 0 unspecified atom stereocenters. The SMILES string of the molecule is Cc1ccc(B(c2ccc(C)cc2)c2ccc3c(c2)C(C)(C)c2cc(/C=C/c4ccc(N5CCCc6ccccc65)cc4)ccc2-3)cc1. The monoisotopic (exact) mass is 619 g/mol. The predicted molar refractivity (Wildman–Crippen MR) is 208 cm³/mol. The average molecular weight is 620 g/mol. The minimum atomic E-state index is -0.0952. The fourth-order valence-electron chi connectivity index (χ4n) is 7.91. The third-order valence-electron chi connectivity index (χ3n) is 10.7. The van der Waals surface area contributed by atoms with Crippen LogP contribution in [-0.4, -0.2) is 13.3 Å². The molecule has 0 fully saturated rings. The molecule has 0 bridgehead atoms. The molecule has 8 rings (SSSR count). The van der Waals surface area contributed by atoms with Gasteiger partial charge in [0.1, 0.15) is 0 Å². The standard InChI is InChI=1S/C46H42BN/c1-32-11-20-37(21-12-32)47(38-22-13-33(2)14-23-38)39-24-28-42-41-27-19-35(30-43(41)46(3,4)44(42)31-39)16-15-34-17-25-40(26-18-34)48-29-7-9-36-8-5-6-10-45(36)48/h5-6,8,10-28,30-31H,7,9,29H2,1-4H3/b16-15+. The van der Waals surface area contributed by atoms with Crippen LogP contribution in [0.3, 0.4) is 0 Å². The lowest BCUT2D eigenvalue weighted by Crippen LogP contribution is -2.52. The van der Waals surface area contributed by atoms with Gasteiger partial charge in [-0.1, -0.05) is 169 Å². The number of rotatable bonds is 6. The molecule has 0 atom stereocenters. The van der Waals surface area contributed by atoms with Crippen molar-refractivity contribution in [2.45, 2.75) is 46.0 Å². The van der Waals surface area contributed by atoms with Crippen LogP contribution in [0, 0.1) is 13.8 Å². The van der Waals surface area contributed by atoms with Crippen molar-refractivity contribution in [3.05, 3.63) is 172 Å². The van der Waals surface area contributed by atoms with E-state index in [1.165, 1.54) is 90.7 Å². The lowest BCUT2D eigenvalue weighted by molar-refractivity contribution is 0.660. The molecule has 48 heavy (non-hydrogen) atoms. The van der Waals surface area contributed by atoms with E-state index in [2.05, 4.69) is 178 Å². The minimum Gasteiger partial charge on any atom is -0.341 e. The highest BCUT2D eigenvalue weighted by Gasteiger charge is 2.36. The summed E-state index contributed by atoms with van der Waals surface area (Å²) in [5.74, 6) is 0. The molecule has 0 radical (unpaired) electrons. The highest BCUT2D eigenvalue weighted by Crippen LogP contribution is 2.48. The van der Waals surface area contributed by atoms with Gasteiger partial charge in [-0.3, -0.25) is 0 Å². The van der Waals surface area contributed by atoms with Crippen molar-refractivity contribution in [1.82, 2.24) is 0 Å². The highest BCUT2D eigenvalue weighted by molar-refractivity contribution is 6.95. The second kappa shape index (κ2) is 12.2. The average Bonchev–Trinajstić information content (AvgIpc) is 3.34. The summed E-state index contributed by atoms with van der Waals surface area (Å²) in [6.45, 7) is 10.4. The molecule has 0 N–H and O–H groups in total. The molecule has 1 aliphatic carbocycles. The van der Waals surface area contributed by atoms with Crippen molar-refractivity contribution >= 4 is 46.6 Å². The van der Waals surface area contributed by atoms with Gasteiger partial charge in [0.2, 0.25) is 6.71 Å². The van der Waals surface area contributed by atoms with E-state index in [-0.39, 0.29) is 12.1 Å². The van der Waals surface area contributed by atoms with E-state index in [4.69, 9.17) is 0 Å². The van der Waals surface area contributed by atoms with E-state index in [1.807, 2.05) is 0 Å². The van der Waals surface area contributed by atoms with Gasteiger partial charge in [-0.15, -0.1) is 0 Å². The number of aryl methyl sites for hydroxylation is 3. The zero-order chi connectivity index (χ0) is 32.8. The molecule has 0 saturated heterocycles. The maximum atomic E-state index is 2.48. The van der Waals surface area contributed by atoms with Crippen LogP contribution >= 0.6 is 0 Å². The Balaban J connectivity index is 1.07. The smallest absolute Gasteiger partial charge is 0.241 e. The topological polar surface area (TPSA) is 3.24 Å². The van der Waals surface area contributed by atoms with Gasteiger partial charge in [-0.25, -0.2) is 0 Å². The molecule has 0 aromatic heterocycles. The molecule has 2 heteroatoms. The van der Waals surface area contributed by atoms with E-state index in [1.54, 1.807) is 0 Å². The molecule has 1 heterocycles. The number of para-hydroxylation sites is 1. The van der Waals surface area contributed by atoms with Gasteiger partial charge in [0.15, 0.2) is 0 Å². The lowest BCUT2D eigenvalue weighted by Gasteiger charge is -2.31. The Hall–Kier alpha value is -5.08. The van der Waals surface area contributed by atoms with Gasteiger partial charge < -0.3 is 4.90 Å². The van der Waals surface area contributed by atoms with E-state index in [0.717, 1.165) is 6.54 Å². The summed E-state index contributed by atoms with van der Waals surface area (Å²) in [6, 6.07) is 50.2. The first-order chi connectivity index (χ1) is 23.3. The Bertz CT molecular complexity index is 2090. The summed E-state index contributed by atoms with van der Waals surface area (Å²) in [6.07, 6.45) is 6.87. The maximum Gasteiger partial charge on any atom is 0.241 e. The van der Waals surface area contributed by atoms with Gasteiger partial charge in [0.25, 0.3) is 0 Å². The number of nitrogens with zero attached hydrogens (tertiary/aromatic N) is 1. The summed E-state index contributed by atoms with van der Waals surface area (Å²) in [5, 5.41) is 0. The van der Waals surface area contributed by atoms with E-state index >= 15 is 0 Å². The maximum absolute atomic E-state index is 2.48. The third-order valence-corrected chi connectivity index (χ3v) is 10.7. The molecule has 1 aliphatic heterocycles. The van der Waals surface area contributed by atoms with E-state index in [9.17, 15) is 0 Å². The van der Waals surface area contributed by atoms with Crippen LogP contribution in [0.15, 0.2) is 133 Å². The first-order valence-electron chi connectivity index (χ1n) is 17.4. The van der Waals surface area contributed by atoms with Gasteiger partial charge in [0, 0.05) is 23.3 Å². The van der Waals surface area contributed by atoms with Crippen LogP contribution in [0.4, 0.5) is 11.4 Å². The molecule has 0 saturated carbocycles. The highest BCUT2D eigenvalue weighted by atomic mass is 15.1.